The minimum absolute atomic E-state index is 0.178. The highest BCUT2D eigenvalue weighted by Gasteiger charge is 2.60. The maximum atomic E-state index is 13.1. The van der Waals surface area contributed by atoms with Crippen LogP contribution in [-0.4, -0.2) is 19.5 Å². The number of amides is 1. The number of nitrogens with two attached hydrogens (primary N) is 1. The van der Waals surface area contributed by atoms with Crippen LogP contribution in [0.2, 0.25) is 0 Å². The average molecular weight is 279 g/mol. The number of fused-ring (bicyclic) bond motifs is 2. The summed E-state index contributed by atoms with van der Waals surface area (Å²) < 4.78 is 0. The molecule has 3 heteroatoms. The van der Waals surface area contributed by atoms with Crippen LogP contribution in [0.4, 0.5) is 5.69 Å². The Kier molecular flexibility index (Phi) is 2.66. The standard InChI is InChI=1S/C18H18N2O/c1-20-15-10-6-5-9-14(15)18(17(20)21)11-12-19-16(18)13-7-3-2-4-8-13/h2-10,16,19H,11-12H2,1H3/p+1. The fourth-order valence-corrected chi connectivity index (χ4v) is 4.12. The van der Waals surface area contributed by atoms with Gasteiger partial charge in [0.25, 0.3) is 0 Å². The van der Waals surface area contributed by atoms with E-state index in [1.165, 1.54) is 11.1 Å². The fraction of sp³-hybridized carbons (Fsp3) is 0.278. The summed E-state index contributed by atoms with van der Waals surface area (Å²) in [7, 11) is 1.90. The van der Waals surface area contributed by atoms with E-state index in [0.717, 1.165) is 18.7 Å². The molecule has 2 unspecified atom stereocenters. The first kappa shape index (κ1) is 12.6. The number of nitrogens with zero attached hydrogens (tertiary/aromatic N) is 1. The number of anilines is 1. The van der Waals surface area contributed by atoms with Crippen molar-refractivity contribution in [3.63, 3.8) is 0 Å². The van der Waals surface area contributed by atoms with Gasteiger partial charge < -0.3 is 10.2 Å². The Hall–Kier alpha value is -2.13. The van der Waals surface area contributed by atoms with Crippen molar-refractivity contribution in [1.29, 1.82) is 0 Å². The topological polar surface area (TPSA) is 36.9 Å². The van der Waals surface area contributed by atoms with Crippen molar-refractivity contribution < 1.29 is 10.1 Å². The first-order chi connectivity index (χ1) is 10.2. The van der Waals surface area contributed by atoms with E-state index in [-0.39, 0.29) is 11.9 Å². The monoisotopic (exact) mass is 279 g/mol. The van der Waals surface area contributed by atoms with E-state index in [4.69, 9.17) is 0 Å². The van der Waals surface area contributed by atoms with Crippen LogP contribution in [0.5, 0.6) is 0 Å². The lowest BCUT2D eigenvalue weighted by Crippen LogP contribution is -2.83. The predicted octanol–water partition coefficient (Wildman–Crippen LogP) is 1.61. The third kappa shape index (κ3) is 1.55. The van der Waals surface area contributed by atoms with Gasteiger partial charge in [-0.3, -0.25) is 4.79 Å². The highest BCUT2D eigenvalue weighted by Crippen LogP contribution is 2.50. The highest BCUT2D eigenvalue weighted by atomic mass is 16.2. The maximum Gasteiger partial charge on any atom is 0.244 e. The summed E-state index contributed by atoms with van der Waals surface area (Å²) in [4.78, 5) is 14.9. The van der Waals surface area contributed by atoms with Crippen LogP contribution < -0.4 is 10.2 Å². The molecule has 0 radical (unpaired) electrons. The number of hydrogen-bond donors (Lipinski definition) is 1. The molecular weight excluding hydrogens is 260 g/mol. The van der Waals surface area contributed by atoms with E-state index in [9.17, 15) is 4.79 Å². The van der Waals surface area contributed by atoms with Gasteiger partial charge in [0.15, 0.2) is 0 Å². The Balaban J connectivity index is 1.92. The third-order valence-corrected chi connectivity index (χ3v) is 5.06. The summed E-state index contributed by atoms with van der Waals surface area (Å²) in [5, 5.41) is 2.32. The van der Waals surface area contributed by atoms with Crippen molar-refractivity contribution in [3.8, 4) is 0 Å². The summed E-state index contributed by atoms with van der Waals surface area (Å²) in [6.07, 6.45) is 0.909. The second-order valence-electron chi connectivity index (χ2n) is 6.02. The van der Waals surface area contributed by atoms with E-state index in [1.54, 1.807) is 0 Å². The second-order valence-corrected chi connectivity index (χ2v) is 6.02. The van der Waals surface area contributed by atoms with Crippen LogP contribution in [0.1, 0.15) is 23.6 Å². The zero-order valence-corrected chi connectivity index (χ0v) is 12.1. The fourth-order valence-electron chi connectivity index (χ4n) is 4.12. The molecule has 2 atom stereocenters. The SMILES string of the molecule is CN1C(=O)C2(CC[NH2+]C2c2ccccc2)c2ccccc21. The van der Waals surface area contributed by atoms with Crippen LogP contribution in [-0.2, 0) is 10.2 Å². The minimum atomic E-state index is -0.396. The number of rotatable bonds is 1. The molecule has 21 heavy (non-hydrogen) atoms. The summed E-state index contributed by atoms with van der Waals surface area (Å²) >= 11 is 0. The molecule has 0 aromatic heterocycles. The molecule has 106 valence electrons. The molecule has 0 bridgehead atoms. The van der Waals surface area contributed by atoms with Crippen molar-refractivity contribution in [2.45, 2.75) is 17.9 Å². The van der Waals surface area contributed by atoms with Gasteiger partial charge in [-0.1, -0.05) is 48.5 Å². The van der Waals surface area contributed by atoms with Crippen molar-refractivity contribution in [3.05, 3.63) is 65.7 Å². The molecule has 2 aromatic carbocycles. The first-order valence-electron chi connectivity index (χ1n) is 7.51. The normalized spacial score (nSPS) is 27.4. The number of benzene rings is 2. The van der Waals surface area contributed by atoms with E-state index in [0.29, 0.717) is 0 Å². The van der Waals surface area contributed by atoms with Crippen LogP contribution in [0.15, 0.2) is 54.6 Å². The molecule has 1 fully saturated rings. The molecule has 1 saturated heterocycles. The zero-order valence-electron chi connectivity index (χ0n) is 12.1. The molecule has 1 amide bonds. The summed E-state index contributed by atoms with van der Waals surface area (Å²) in [5.41, 5.74) is 3.11. The van der Waals surface area contributed by atoms with Crippen LogP contribution in [0.3, 0.4) is 0 Å². The predicted molar refractivity (Wildman–Crippen MR) is 82.1 cm³/mol. The molecule has 0 aliphatic carbocycles. The second kappa shape index (κ2) is 4.43. The highest BCUT2D eigenvalue weighted by molar-refractivity contribution is 6.08. The minimum Gasteiger partial charge on any atom is -0.339 e. The maximum absolute atomic E-state index is 13.1. The zero-order chi connectivity index (χ0) is 14.4. The van der Waals surface area contributed by atoms with Crippen molar-refractivity contribution in [2.75, 3.05) is 18.5 Å². The van der Waals surface area contributed by atoms with E-state index in [1.807, 2.05) is 30.1 Å². The molecule has 2 heterocycles. The summed E-state index contributed by atoms with van der Waals surface area (Å²) in [5.74, 6) is 0.242. The summed E-state index contributed by atoms with van der Waals surface area (Å²) in [6, 6.07) is 18.9. The lowest BCUT2D eigenvalue weighted by Gasteiger charge is -2.27. The molecular formula is C18H19N2O+. The number of quaternary nitrogens is 1. The summed E-state index contributed by atoms with van der Waals surface area (Å²) in [6.45, 7) is 0.994. The van der Waals surface area contributed by atoms with Gasteiger partial charge >= 0.3 is 0 Å². The lowest BCUT2D eigenvalue weighted by atomic mass is 9.73. The Morgan fingerprint density at radius 3 is 2.62 bits per heavy atom. The third-order valence-electron chi connectivity index (χ3n) is 5.06. The van der Waals surface area contributed by atoms with Gasteiger partial charge in [0.1, 0.15) is 11.5 Å². The molecule has 0 saturated carbocycles. The first-order valence-corrected chi connectivity index (χ1v) is 7.51. The Bertz CT molecular complexity index is 697. The smallest absolute Gasteiger partial charge is 0.244 e. The van der Waals surface area contributed by atoms with Gasteiger partial charge in [0.2, 0.25) is 5.91 Å². The Morgan fingerprint density at radius 2 is 1.81 bits per heavy atom. The van der Waals surface area contributed by atoms with Crippen LogP contribution in [0.25, 0.3) is 0 Å². The van der Waals surface area contributed by atoms with Gasteiger partial charge in [0, 0.05) is 24.7 Å². The molecule has 1 spiro atoms. The number of carbonyl (C=O) groups excluding carboxylic acids is 1. The number of likely N-dealkylation sites (N-methyl/N-ethyl adjacent to an activating group) is 1. The van der Waals surface area contributed by atoms with Crippen LogP contribution in [0, 0.1) is 0 Å². The van der Waals surface area contributed by atoms with Gasteiger partial charge in [-0.2, -0.15) is 0 Å². The van der Waals surface area contributed by atoms with E-state index < -0.39 is 5.41 Å². The van der Waals surface area contributed by atoms with E-state index >= 15 is 0 Å². The molecule has 4 rings (SSSR count). The molecule has 2 aliphatic rings. The lowest BCUT2D eigenvalue weighted by molar-refractivity contribution is -0.679. The number of para-hydroxylation sites is 1. The molecule has 3 nitrogen and oxygen atoms in total. The Labute approximate surface area is 124 Å². The van der Waals surface area contributed by atoms with Gasteiger partial charge in [-0.05, 0) is 11.6 Å². The van der Waals surface area contributed by atoms with Crippen molar-refractivity contribution in [1.82, 2.24) is 0 Å². The van der Waals surface area contributed by atoms with Gasteiger partial charge in [-0.15, -0.1) is 0 Å². The number of carbonyl (C=O) groups is 1. The molecule has 2 aliphatic heterocycles. The number of hydrogen-bond acceptors (Lipinski definition) is 1. The van der Waals surface area contributed by atoms with Gasteiger partial charge in [-0.25, -0.2) is 0 Å². The quantitative estimate of drug-likeness (QED) is 0.846. The van der Waals surface area contributed by atoms with E-state index in [2.05, 4.69) is 41.7 Å². The average Bonchev–Trinajstić information content (AvgIpc) is 3.07. The largest absolute Gasteiger partial charge is 0.339 e. The Morgan fingerprint density at radius 1 is 1.10 bits per heavy atom. The van der Waals surface area contributed by atoms with Crippen molar-refractivity contribution >= 4 is 11.6 Å². The molecule has 2 aromatic rings. The molecule has 2 N–H and O–H groups in total. The van der Waals surface area contributed by atoms with Gasteiger partial charge in [0.05, 0.1) is 6.54 Å². The van der Waals surface area contributed by atoms with Crippen molar-refractivity contribution in [2.24, 2.45) is 0 Å². The van der Waals surface area contributed by atoms with Crippen LogP contribution >= 0.6 is 0 Å².